The molecule has 4 nitrogen and oxygen atoms in total. The lowest BCUT2D eigenvalue weighted by molar-refractivity contribution is -0.125. The van der Waals surface area contributed by atoms with Crippen LogP contribution in [0.1, 0.15) is 20.3 Å². The van der Waals surface area contributed by atoms with Crippen molar-refractivity contribution in [1.82, 2.24) is 5.32 Å². The molecular weight excluding hydrogens is 254 g/mol. The van der Waals surface area contributed by atoms with Gasteiger partial charge in [0.25, 0.3) is 0 Å². The summed E-state index contributed by atoms with van der Waals surface area (Å²) in [5.74, 6) is -2.22. The standard InChI is InChI=1S/C13H18F2N2O2/c1-3-6-17-13(2,12(16)18)8-19-11-5-4-9(14)7-10(11)15/h4-5,7,17H,3,6,8H2,1-2H3,(H2,16,18). The number of carbonyl (C=O) groups is 1. The number of halogens is 2. The van der Waals surface area contributed by atoms with E-state index in [9.17, 15) is 13.6 Å². The smallest absolute Gasteiger partial charge is 0.240 e. The summed E-state index contributed by atoms with van der Waals surface area (Å²) in [5, 5.41) is 2.95. The number of carbonyl (C=O) groups excluding carboxylic acids is 1. The summed E-state index contributed by atoms with van der Waals surface area (Å²) in [4.78, 5) is 11.4. The largest absolute Gasteiger partial charge is 0.488 e. The molecule has 0 radical (unpaired) electrons. The molecule has 1 aromatic rings. The number of hydrogen-bond donors (Lipinski definition) is 2. The molecule has 0 spiro atoms. The number of benzene rings is 1. The van der Waals surface area contributed by atoms with Crippen LogP contribution in [-0.4, -0.2) is 24.6 Å². The molecule has 106 valence electrons. The Labute approximate surface area is 110 Å². The van der Waals surface area contributed by atoms with Crippen molar-refractivity contribution in [2.75, 3.05) is 13.2 Å². The maximum atomic E-state index is 13.4. The van der Waals surface area contributed by atoms with E-state index in [0.29, 0.717) is 6.54 Å². The predicted octanol–water partition coefficient (Wildman–Crippen LogP) is 1.59. The molecule has 0 bridgehead atoms. The maximum absolute atomic E-state index is 13.4. The SMILES string of the molecule is CCCNC(C)(COc1ccc(F)cc1F)C(N)=O. The highest BCUT2D eigenvalue weighted by atomic mass is 19.1. The van der Waals surface area contributed by atoms with Crippen LogP contribution in [-0.2, 0) is 4.79 Å². The Morgan fingerprint density at radius 2 is 2.16 bits per heavy atom. The summed E-state index contributed by atoms with van der Waals surface area (Å²) in [6, 6.07) is 2.97. The van der Waals surface area contributed by atoms with Crippen molar-refractivity contribution in [3.63, 3.8) is 0 Å². The molecular formula is C13H18F2N2O2. The van der Waals surface area contributed by atoms with Gasteiger partial charge in [0.2, 0.25) is 5.91 Å². The topological polar surface area (TPSA) is 64.3 Å². The summed E-state index contributed by atoms with van der Waals surface area (Å²) >= 11 is 0. The van der Waals surface area contributed by atoms with Crippen molar-refractivity contribution in [3.05, 3.63) is 29.8 Å². The summed E-state index contributed by atoms with van der Waals surface area (Å²) in [6.07, 6.45) is 0.813. The number of rotatable bonds is 7. The van der Waals surface area contributed by atoms with Gasteiger partial charge in [-0.3, -0.25) is 4.79 Å². The molecule has 3 N–H and O–H groups in total. The first-order chi connectivity index (χ1) is 8.89. The summed E-state index contributed by atoms with van der Waals surface area (Å²) in [6.45, 7) is 3.96. The van der Waals surface area contributed by atoms with Gasteiger partial charge in [-0.05, 0) is 32.0 Å². The minimum Gasteiger partial charge on any atom is -0.488 e. The number of nitrogens with one attached hydrogen (secondary N) is 1. The number of amides is 1. The van der Waals surface area contributed by atoms with E-state index in [1.165, 1.54) is 6.07 Å². The van der Waals surface area contributed by atoms with Gasteiger partial charge in [-0.1, -0.05) is 6.92 Å². The Bertz CT molecular complexity index is 454. The zero-order valence-corrected chi connectivity index (χ0v) is 11.0. The lowest BCUT2D eigenvalue weighted by atomic mass is 10.0. The highest BCUT2D eigenvalue weighted by Crippen LogP contribution is 2.19. The molecule has 0 aliphatic carbocycles. The second-order valence-electron chi connectivity index (χ2n) is 4.49. The molecule has 1 unspecified atom stereocenters. The van der Waals surface area contributed by atoms with E-state index < -0.39 is 23.1 Å². The van der Waals surface area contributed by atoms with Gasteiger partial charge in [0, 0.05) is 6.07 Å². The summed E-state index contributed by atoms with van der Waals surface area (Å²) < 4.78 is 31.3. The molecule has 1 aromatic carbocycles. The van der Waals surface area contributed by atoms with Crippen LogP contribution in [0, 0.1) is 11.6 Å². The van der Waals surface area contributed by atoms with Gasteiger partial charge in [-0.2, -0.15) is 0 Å². The quantitative estimate of drug-likeness (QED) is 0.792. The summed E-state index contributed by atoms with van der Waals surface area (Å²) in [5.41, 5.74) is 4.20. The molecule has 0 saturated heterocycles. The van der Waals surface area contributed by atoms with Gasteiger partial charge in [-0.15, -0.1) is 0 Å². The van der Waals surface area contributed by atoms with Crippen molar-refractivity contribution < 1.29 is 18.3 Å². The van der Waals surface area contributed by atoms with Crippen molar-refractivity contribution in [3.8, 4) is 5.75 Å². The Hall–Kier alpha value is -1.69. The van der Waals surface area contributed by atoms with E-state index in [1.54, 1.807) is 6.92 Å². The van der Waals surface area contributed by atoms with Gasteiger partial charge in [0.1, 0.15) is 18.0 Å². The molecule has 0 aliphatic rings. The highest BCUT2D eigenvalue weighted by molar-refractivity contribution is 5.84. The Kier molecular flexibility index (Phi) is 5.23. The van der Waals surface area contributed by atoms with Crippen LogP contribution >= 0.6 is 0 Å². The summed E-state index contributed by atoms with van der Waals surface area (Å²) in [7, 11) is 0. The van der Waals surface area contributed by atoms with Crippen LogP contribution < -0.4 is 15.8 Å². The fraction of sp³-hybridized carbons (Fsp3) is 0.462. The Morgan fingerprint density at radius 3 is 2.68 bits per heavy atom. The lowest BCUT2D eigenvalue weighted by Crippen LogP contribution is -2.57. The monoisotopic (exact) mass is 272 g/mol. The molecule has 1 rings (SSSR count). The zero-order chi connectivity index (χ0) is 14.5. The fourth-order valence-corrected chi connectivity index (χ4v) is 1.42. The first-order valence-corrected chi connectivity index (χ1v) is 6.02. The van der Waals surface area contributed by atoms with Gasteiger partial charge in [0.05, 0.1) is 0 Å². The van der Waals surface area contributed by atoms with Crippen LogP contribution in [0.2, 0.25) is 0 Å². The number of hydrogen-bond acceptors (Lipinski definition) is 3. The first kappa shape index (κ1) is 15.4. The predicted molar refractivity (Wildman–Crippen MR) is 67.7 cm³/mol. The normalized spacial score (nSPS) is 13.9. The van der Waals surface area contributed by atoms with Crippen LogP contribution in [0.4, 0.5) is 8.78 Å². The van der Waals surface area contributed by atoms with E-state index in [0.717, 1.165) is 18.6 Å². The maximum Gasteiger partial charge on any atom is 0.240 e. The minimum atomic E-state index is -1.10. The molecule has 0 heterocycles. The van der Waals surface area contributed by atoms with Crippen molar-refractivity contribution in [2.24, 2.45) is 5.73 Å². The zero-order valence-electron chi connectivity index (χ0n) is 11.0. The van der Waals surface area contributed by atoms with E-state index in [1.807, 2.05) is 6.92 Å². The van der Waals surface area contributed by atoms with Crippen LogP contribution in [0.25, 0.3) is 0 Å². The van der Waals surface area contributed by atoms with E-state index >= 15 is 0 Å². The fourth-order valence-electron chi connectivity index (χ4n) is 1.42. The lowest BCUT2D eigenvalue weighted by Gasteiger charge is -2.27. The molecule has 0 fully saturated rings. The number of nitrogens with two attached hydrogens (primary N) is 1. The second-order valence-corrected chi connectivity index (χ2v) is 4.49. The van der Waals surface area contributed by atoms with Crippen LogP contribution in [0.15, 0.2) is 18.2 Å². The Balaban J connectivity index is 2.73. The van der Waals surface area contributed by atoms with Crippen LogP contribution in [0.3, 0.4) is 0 Å². The van der Waals surface area contributed by atoms with Gasteiger partial charge in [0.15, 0.2) is 11.6 Å². The van der Waals surface area contributed by atoms with Crippen LogP contribution in [0.5, 0.6) is 5.75 Å². The van der Waals surface area contributed by atoms with Gasteiger partial charge >= 0.3 is 0 Å². The van der Waals surface area contributed by atoms with E-state index in [4.69, 9.17) is 10.5 Å². The molecule has 0 aromatic heterocycles. The van der Waals surface area contributed by atoms with Crippen molar-refractivity contribution in [2.45, 2.75) is 25.8 Å². The average Bonchev–Trinajstić information content (AvgIpc) is 2.35. The number of primary amides is 1. The second kappa shape index (κ2) is 6.47. The number of ether oxygens (including phenoxy) is 1. The molecule has 19 heavy (non-hydrogen) atoms. The molecule has 6 heteroatoms. The first-order valence-electron chi connectivity index (χ1n) is 6.02. The molecule has 0 saturated carbocycles. The molecule has 1 amide bonds. The third-order valence-corrected chi connectivity index (χ3v) is 2.72. The molecule has 1 atom stereocenters. The van der Waals surface area contributed by atoms with E-state index in [-0.39, 0.29) is 12.4 Å². The van der Waals surface area contributed by atoms with Crippen molar-refractivity contribution in [1.29, 1.82) is 0 Å². The molecule has 0 aliphatic heterocycles. The van der Waals surface area contributed by atoms with Gasteiger partial charge < -0.3 is 15.8 Å². The highest BCUT2D eigenvalue weighted by Gasteiger charge is 2.31. The van der Waals surface area contributed by atoms with Gasteiger partial charge in [-0.25, -0.2) is 8.78 Å². The Morgan fingerprint density at radius 1 is 1.47 bits per heavy atom. The minimum absolute atomic E-state index is 0.118. The third kappa shape index (κ3) is 4.17. The van der Waals surface area contributed by atoms with Crippen molar-refractivity contribution >= 4 is 5.91 Å². The third-order valence-electron chi connectivity index (χ3n) is 2.72. The average molecular weight is 272 g/mol. The van der Waals surface area contributed by atoms with E-state index in [2.05, 4.69) is 5.32 Å².